The third-order valence-electron chi connectivity index (χ3n) is 7.07. The molecule has 33 heavy (non-hydrogen) atoms. The second-order valence-corrected chi connectivity index (χ2v) is 9.34. The van der Waals surface area contributed by atoms with Crippen molar-refractivity contribution >= 4 is 41.2 Å². The number of halogens is 1. The Morgan fingerprint density at radius 3 is 2.42 bits per heavy atom. The first-order valence-corrected chi connectivity index (χ1v) is 11.7. The summed E-state index contributed by atoms with van der Waals surface area (Å²) in [6.45, 7) is 3.84. The molecule has 3 aliphatic rings. The summed E-state index contributed by atoms with van der Waals surface area (Å²) in [7, 11) is 0. The maximum absolute atomic E-state index is 11.8. The van der Waals surface area contributed by atoms with Crippen LogP contribution in [0.3, 0.4) is 0 Å². The number of hydrogen-bond acceptors (Lipinski definition) is 3. The fourth-order valence-corrected chi connectivity index (χ4v) is 5.29. The van der Waals surface area contributed by atoms with Gasteiger partial charge in [0.15, 0.2) is 0 Å². The molecule has 0 spiro atoms. The molecule has 166 valence electrons. The zero-order valence-corrected chi connectivity index (χ0v) is 19.2. The van der Waals surface area contributed by atoms with Crippen LogP contribution in [0.4, 0.5) is 0 Å². The van der Waals surface area contributed by atoms with Crippen molar-refractivity contribution in [3.05, 3.63) is 94.0 Å². The molecule has 1 amide bonds. The van der Waals surface area contributed by atoms with Gasteiger partial charge in [0, 0.05) is 17.1 Å². The third-order valence-corrected chi connectivity index (χ3v) is 7.37. The van der Waals surface area contributed by atoms with Crippen LogP contribution in [0.1, 0.15) is 48.8 Å². The van der Waals surface area contributed by atoms with E-state index in [0.29, 0.717) is 10.6 Å². The molecular weight excluding hydrogens is 430 g/mol. The highest BCUT2D eigenvalue weighted by molar-refractivity contribution is 6.45. The van der Waals surface area contributed by atoms with Crippen molar-refractivity contribution in [1.82, 2.24) is 0 Å². The topological polar surface area (TPSA) is 67.8 Å². The van der Waals surface area contributed by atoms with Crippen LogP contribution in [0.15, 0.2) is 87.3 Å². The molecule has 5 rings (SSSR count). The van der Waals surface area contributed by atoms with E-state index in [1.54, 1.807) is 6.08 Å². The van der Waals surface area contributed by atoms with Gasteiger partial charge in [-0.1, -0.05) is 72.3 Å². The number of fused-ring (bicyclic) bond motifs is 1. The summed E-state index contributed by atoms with van der Waals surface area (Å²) >= 11 is 6.62. The van der Waals surface area contributed by atoms with Crippen LogP contribution in [0.5, 0.6) is 0 Å². The zero-order valence-electron chi connectivity index (χ0n) is 18.4. The monoisotopic (exact) mass is 455 g/mol. The van der Waals surface area contributed by atoms with Gasteiger partial charge >= 0.3 is 0 Å². The Morgan fingerprint density at radius 1 is 1.09 bits per heavy atom. The Bertz CT molecular complexity index is 1230. The van der Waals surface area contributed by atoms with Crippen LogP contribution in [-0.2, 0) is 10.3 Å². The first-order valence-electron chi connectivity index (χ1n) is 11.4. The zero-order chi connectivity index (χ0) is 23.0. The summed E-state index contributed by atoms with van der Waals surface area (Å²) < 4.78 is 0. The van der Waals surface area contributed by atoms with E-state index in [0.717, 1.165) is 48.2 Å². The van der Waals surface area contributed by atoms with Gasteiger partial charge in [-0.05, 0) is 61.6 Å². The minimum atomic E-state index is -0.468. The Balaban J connectivity index is 1.62. The molecule has 4 nitrogen and oxygen atoms in total. The fourth-order valence-electron chi connectivity index (χ4n) is 4.99. The van der Waals surface area contributed by atoms with E-state index < -0.39 is 5.91 Å². The van der Waals surface area contributed by atoms with E-state index in [4.69, 9.17) is 22.3 Å². The molecule has 1 heterocycles. The Labute approximate surface area is 199 Å². The molecule has 5 heteroatoms. The Morgan fingerprint density at radius 2 is 1.82 bits per heavy atom. The van der Waals surface area contributed by atoms with E-state index >= 15 is 0 Å². The van der Waals surface area contributed by atoms with Gasteiger partial charge in [0.25, 0.3) is 0 Å². The SMILES string of the molecule is C=NC1(c2ccc(C3=C(c4ccccc4)CCC4C=C(C(N)=O)C=C(Cl)C4=N3)cc2)CCC1. The molecule has 1 aliphatic heterocycles. The second kappa shape index (κ2) is 8.60. The number of nitrogens with two attached hydrogens (primary N) is 1. The number of amides is 1. The highest BCUT2D eigenvalue weighted by Crippen LogP contribution is 2.45. The van der Waals surface area contributed by atoms with Crippen LogP contribution in [0, 0.1) is 5.92 Å². The molecule has 1 fully saturated rings. The minimum absolute atomic E-state index is 0.0521. The number of primary amides is 1. The van der Waals surface area contributed by atoms with E-state index in [1.807, 2.05) is 24.3 Å². The molecule has 2 aromatic rings. The third kappa shape index (κ3) is 3.89. The van der Waals surface area contributed by atoms with Crippen molar-refractivity contribution in [2.24, 2.45) is 21.6 Å². The summed E-state index contributed by atoms with van der Waals surface area (Å²) in [6, 6.07) is 18.9. The largest absolute Gasteiger partial charge is 0.366 e. The smallest absolute Gasteiger partial charge is 0.248 e. The predicted molar refractivity (Wildman–Crippen MR) is 136 cm³/mol. The maximum atomic E-state index is 11.8. The second-order valence-electron chi connectivity index (χ2n) is 8.93. The van der Waals surface area contributed by atoms with E-state index in [-0.39, 0.29) is 11.5 Å². The first kappa shape index (κ1) is 21.6. The van der Waals surface area contributed by atoms with Crippen molar-refractivity contribution in [1.29, 1.82) is 0 Å². The highest BCUT2D eigenvalue weighted by atomic mass is 35.5. The van der Waals surface area contributed by atoms with Crippen LogP contribution < -0.4 is 5.73 Å². The lowest BCUT2D eigenvalue weighted by Crippen LogP contribution is -2.31. The first-order chi connectivity index (χ1) is 16.0. The Hall–Kier alpha value is -3.24. The van der Waals surface area contributed by atoms with Crippen LogP contribution in [0.2, 0.25) is 0 Å². The van der Waals surface area contributed by atoms with E-state index in [2.05, 4.69) is 48.1 Å². The molecule has 0 radical (unpaired) electrons. The van der Waals surface area contributed by atoms with Gasteiger partial charge in [-0.2, -0.15) is 0 Å². The van der Waals surface area contributed by atoms with Crippen molar-refractivity contribution in [3.63, 3.8) is 0 Å². The number of carbonyl (C=O) groups excluding carboxylic acids is 1. The summed E-state index contributed by atoms with van der Waals surface area (Å²) in [5, 5.41) is 0.476. The lowest BCUT2D eigenvalue weighted by atomic mass is 9.72. The van der Waals surface area contributed by atoms with Gasteiger partial charge in [0.2, 0.25) is 5.91 Å². The lowest BCUT2D eigenvalue weighted by molar-refractivity contribution is -0.114. The van der Waals surface area contributed by atoms with Gasteiger partial charge in [0.05, 0.1) is 22.0 Å². The minimum Gasteiger partial charge on any atom is -0.366 e. The molecule has 0 bridgehead atoms. The maximum Gasteiger partial charge on any atom is 0.248 e. The molecule has 0 aromatic heterocycles. The molecule has 1 unspecified atom stereocenters. The van der Waals surface area contributed by atoms with Crippen LogP contribution in [-0.4, -0.2) is 18.3 Å². The summed E-state index contributed by atoms with van der Waals surface area (Å²) in [5.41, 5.74) is 12.1. The number of rotatable bonds is 5. The Kier molecular flexibility index (Phi) is 5.63. The van der Waals surface area contributed by atoms with Crippen molar-refractivity contribution < 1.29 is 4.79 Å². The lowest BCUT2D eigenvalue weighted by Gasteiger charge is -2.38. The van der Waals surface area contributed by atoms with Crippen molar-refractivity contribution in [2.45, 2.75) is 37.6 Å². The molecular formula is C28H26ClN3O. The van der Waals surface area contributed by atoms with Crippen LogP contribution >= 0.6 is 11.6 Å². The fraction of sp³-hybridized carbons (Fsp3) is 0.250. The summed E-state index contributed by atoms with van der Waals surface area (Å²) in [5.74, 6) is -0.520. The molecule has 1 atom stereocenters. The van der Waals surface area contributed by atoms with Gasteiger partial charge in [-0.15, -0.1) is 0 Å². The predicted octanol–water partition coefficient (Wildman–Crippen LogP) is 6.03. The van der Waals surface area contributed by atoms with Crippen LogP contribution in [0.25, 0.3) is 11.3 Å². The molecule has 1 saturated carbocycles. The van der Waals surface area contributed by atoms with Gasteiger partial charge < -0.3 is 5.73 Å². The average Bonchev–Trinajstić information content (AvgIpc) is 3.00. The van der Waals surface area contributed by atoms with Crippen molar-refractivity contribution in [2.75, 3.05) is 0 Å². The number of nitrogens with zero attached hydrogens (tertiary/aromatic N) is 2. The summed E-state index contributed by atoms with van der Waals surface area (Å²) in [6.07, 6.45) is 8.42. The molecule has 0 saturated heterocycles. The molecule has 2 N–H and O–H groups in total. The average molecular weight is 456 g/mol. The standard InChI is InChI=1S/C28H26ClN3O/c1-31-28(14-5-15-28)22-11-8-19(9-12-22)25-23(18-6-3-2-4-7-18)13-10-20-16-21(27(30)33)17-24(29)26(20)32-25/h2-4,6-9,11-12,16-17,20H,1,5,10,13-15H2,(H2,30,33). The molecule has 2 aliphatic carbocycles. The quantitative estimate of drug-likeness (QED) is 0.549. The number of carbonyl (C=O) groups is 1. The normalized spacial score (nSPS) is 21.6. The van der Waals surface area contributed by atoms with Gasteiger partial charge in [-0.25, -0.2) is 0 Å². The highest BCUT2D eigenvalue weighted by Gasteiger charge is 2.37. The summed E-state index contributed by atoms with van der Waals surface area (Å²) in [4.78, 5) is 21.3. The van der Waals surface area contributed by atoms with E-state index in [1.165, 1.54) is 17.6 Å². The number of allylic oxidation sites excluding steroid dienone is 3. The van der Waals surface area contributed by atoms with Crippen molar-refractivity contribution in [3.8, 4) is 0 Å². The number of benzene rings is 2. The van der Waals surface area contributed by atoms with Gasteiger partial charge in [0.1, 0.15) is 0 Å². The van der Waals surface area contributed by atoms with Gasteiger partial charge in [-0.3, -0.25) is 14.8 Å². The number of aliphatic imine (C=N–C) groups is 2. The van der Waals surface area contributed by atoms with E-state index in [9.17, 15) is 4.79 Å². The number of hydrogen-bond donors (Lipinski definition) is 1. The molecule has 2 aromatic carbocycles.